The Hall–Kier alpha value is -2.58. The smallest absolute Gasteiger partial charge is 0.236 e. The fourth-order valence-corrected chi connectivity index (χ4v) is 3.41. The molecule has 23 heavy (non-hydrogen) atoms. The largest absolute Gasteiger partial charge is 0.325 e. The zero-order valence-corrected chi connectivity index (χ0v) is 13.0. The minimum atomic E-state index is -0.290. The molecular weight excluding hydrogens is 306 g/mol. The normalized spacial score (nSPS) is 12.6. The molecule has 112 valence electrons. The molecule has 0 spiro atoms. The van der Waals surface area contributed by atoms with Gasteiger partial charge in [0.05, 0.1) is 5.92 Å². The maximum Gasteiger partial charge on any atom is 0.236 e. The van der Waals surface area contributed by atoms with Gasteiger partial charge in [-0.15, -0.1) is 0 Å². The van der Waals surface area contributed by atoms with Gasteiger partial charge in [0.1, 0.15) is 0 Å². The van der Waals surface area contributed by atoms with Crippen LogP contribution in [0, 0.1) is 0 Å². The van der Waals surface area contributed by atoms with Gasteiger partial charge in [-0.05, 0) is 40.5 Å². The van der Waals surface area contributed by atoms with Crippen LogP contribution in [0.15, 0.2) is 72.8 Å². The summed E-state index contributed by atoms with van der Waals surface area (Å²) in [5.74, 6) is -0.328. The van der Waals surface area contributed by atoms with Crippen LogP contribution in [0.4, 0.5) is 5.69 Å². The standard InChI is InChI=1S/C20H14ClNO/c21-13-6-5-7-14(12-13)22-20(23)19-17-10-3-1-8-15(17)16-9-2-4-11-18(16)19/h1-12,19H,(H,22,23). The lowest BCUT2D eigenvalue weighted by atomic mass is 9.96. The molecule has 2 nitrogen and oxygen atoms in total. The molecular formula is C20H14ClNO. The summed E-state index contributed by atoms with van der Waals surface area (Å²) in [6.07, 6.45) is 0. The summed E-state index contributed by atoms with van der Waals surface area (Å²) in [5.41, 5.74) is 5.08. The fraction of sp³-hybridized carbons (Fsp3) is 0.0500. The van der Waals surface area contributed by atoms with Crippen molar-refractivity contribution in [2.75, 3.05) is 5.32 Å². The molecule has 0 bridgehead atoms. The third-order valence-corrected chi connectivity index (χ3v) is 4.42. The first kappa shape index (κ1) is 14.0. The zero-order chi connectivity index (χ0) is 15.8. The fourth-order valence-electron chi connectivity index (χ4n) is 3.22. The van der Waals surface area contributed by atoms with Gasteiger partial charge < -0.3 is 5.32 Å². The minimum Gasteiger partial charge on any atom is -0.325 e. The molecule has 1 aliphatic rings. The molecule has 0 saturated heterocycles. The Balaban J connectivity index is 1.75. The van der Waals surface area contributed by atoms with E-state index >= 15 is 0 Å². The van der Waals surface area contributed by atoms with Gasteiger partial charge in [-0.2, -0.15) is 0 Å². The maximum atomic E-state index is 12.9. The molecule has 1 N–H and O–H groups in total. The molecule has 0 saturated carbocycles. The number of hydrogen-bond acceptors (Lipinski definition) is 1. The number of anilines is 1. The van der Waals surface area contributed by atoms with Gasteiger partial charge in [0, 0.05) is 10.7 Å². The number of fused-ring (bicyclic) bond motifs is 3. The highest BCUT2D eigenvalue weighted by atomic mass is 35.5. The number of hydrogen-bond donors (Lipinski definition) is 1. The van der Waals surface area contributed by atoms with Crippen LogP contribution >= 0.6 is 11.6 Å². The summed E-state index contributed by atoms with van der Waals surface area (Å²) < 4.78 is 0. The van der Waals surface area contributed by atoms with E-state index in [-0.39, 0.29) is 11.8 Å². The molecule has 4 rings (SSSR count). The third-order valence-electron chi connectivity index (χ3n) is 4.19. The Morgan fingerprint density at radius 2 is 1.43 bits per heavy atom. The van der Waals surface area contributed by atoms with E-state index < -0.39 is 0 Å². The summed E-state index contributed by atoms with van der Waals surface area (Å²) in [5, 5.41) is 3.59. The van der Waals surface area contributed by atoms with Gasteiger partial charge >= 0.3 is 0 Å². The Labute approximate surface area is 139 Å². The number of rotatable bonds is 2. The lowest BCUT2D eigenvalue weighted by Crippen LogP contribution is -2.20. The van der Waals surface area contributed by atoms with E-state index in [0.717, 1.165) is 22.3 Å². The molecule has 0 radical (unpaired) electrons. The molecule has 3 heteroatoms. The van der Waals surface area contributed by atoms with Crippen molar-refractivity contribution in [3.05, 3.63) is 88.9 Å². The number of benzene rings is 3. The molecule has 0 unspecified atom stereocenters. The van der Waals surface area contributed by atoms with E-state index in [1.54, 1.807) is 12.1 Å². The van der Waals surface area contributed by atoms with Crippen LogP contribution in [0.2, 0.25) is 5.02 Å². The maximum absolute atomic E-state index is 12.9. The van der Waals surface area contributed by atoms with E-state index in [2.05, 4.69) is 17.4 Å². The molecule has 1 amide bonds. The van der Waals surface area contributed by atoms with Crippen molar-refractivity contribution in [3.8, 4) is 11.1 Å². The molecule has 3 aromatic carbocycles. The molecule has 0 aromatic heterocycles. The monoisotopic (exact) mass is 319 g/mol. The molecule has 0 fully saturated rings. The second-order valence-electron chi connectivity index (χ2n) is 5.61. The predicted octanol–water partition coefficient (Wildman–Crippen LogP) is 5.09. The van der Waals surface area contributed by atoms with Gasteiger partial charge in [-0.1, -0.05) is 66.2 Å². The van der Waals surface area contributed by atoms with E-state index in [0.29, 0.717) is 10.7 Å². The summed E-state index contributed by atoms with van der Waals surface area (Å²) in [4.78, 5) is 12.9. The van der Waals surface area contributed by atoms with Crippen molar-refractivity contribution >= 4 is 23.2 Å². The van der Waals surface area contributed by atoms with E-state index in [9.17, 15) is 4.79 Å². The van der Waals surface area contributed by atoms with Gasteiger partial charge in [0.15, 0.2) is 0 Å². The summed E-state index contributed by atoms with van der Waals surface area (Å²) >= 11 is 6.00. The highest BCUT2D eigenvalue weighted by Crippen LogP contribution is 2.44. The zero-order valence-electron chi connectivity index (χ0n) is 12.3. The Bertz CT molecular complexity index is 858. The number of nitrogens with one attached hydrogen (secondary N) is 1. The number of carbonyl (C=O) groups is 1. The highest BCUT2D eigenvalue weighted by Gasteiger charge is 2.33. The second kappa shape index (κ2) is 5.56. The Morgan fingerprint density at radius 3 is 2.04 bits per heavy atom. The van der Waals surface area contributed by atoms with Crippen molar-refractivity contribution in [3.63, 3.8) is 0 Å². The third kappa shape index (κ3) is 2.41. The van der Waals surface area contributed by atoms with E-state index in [1.807, 2.05) is 48.5 Å². The average Bonchev–Trinajstić information content (AvgIpc) is 2.89. The molecule has 1 aliphatic carbocycles. The summed E-state index contributed by atoms with van der Waals surface area (Å²) in [6.45, 7) is 0. The van der Waals surface area contributed by atoms with E-state index in [4.69, 9.17) is 11.6 Å². The van der Waals surface area contributed by atoms with Crippen LogP contribution in [-0.4, -0.2) is 5.91 Å². The van der Waals surface area contributed by atoms with Crippen LogP contribution in [0.5, 0.6) is 0 Å². The number of amides is 1. The second-order valence-corrected chi connectivity index (χ2v) is 6.04. The van der Waals surface area contributed by atoms with Crippen molar-refractivity contribution in [2.24, 2.45) is 0 Å². The SMILES string of the molecule is O=C(Nc1cccc(Cl)c1)C1c2ccccc2-c2ccccc21. The van der Waals surface area contributed by atoms with Crippen molar-refractivity contribution < 1.29 is 4.79 Å². The minimum absolute atomic E-state index is 0.0373. The van der Waals surface area contributed by atoms with Gasteiger partial charge in [-0.25, -0.2) is 0 Å². The molecule has 0 heterocycles. The highest BCUT2D eigenvalue weighted by molar-refractivity contribution is 6.30. The first-order chi connectivity index (χ1) is 11.2. The first-order valence-electron chi connectivity index (χ1n) is 7.49. The van der Waals surface area contributed by atoms with Crippen molar-refractivity contribution in [1.82, 2.24) is 0 Å². The van der Waals surface area contributed by atoms with Gasteiger partial charge in [-0.3, -0.25) is 4.79 Å². The first-order valence-corrected chi connectivity index (χ1v) is 7.86. The van der Waals surface area contributed by atoms with Crippen molar-refractivity contribution in [1.29, 1.82) is 0 Å². The lowest BCUT2D eigenvalue weighted by molar-refractivity contribution is -0.116. The van der Waals surface area contributed by atoms with Gasteiger partial charge in [0.25, 0.3) is 0 Å². The van der Waals surface area contributed by atoms with Crippen LogP contribution in [0.1, 0.15) is 17.0 Å². The lowest BCUT2D eigenvalue weighted by Gasteiger charge is -2.14. The predicted molar refractivity (Wildman–Crippen MR) is 93.8 cm³/mol. The van der Waals surface area contributed by atoms with E-state index in [1.165, 1.54) is 0 Å². The number of carbonyl (C=O) groups excluding carboxylic acids is 1. The quantitative estimate of drug-likeness (QED) is 0.700. The van der Waals surface area contributed by atoms with Crippen molar-refractivity contribution in [2.45, 2.75) is 5.92 Å². The number of halogens is 1. The van der Waals surface area contributed by atoms with Gasteiger partial charge in [0.2, 0.25) is 5.91 Å². The molecule has 0 atom stereocenters. The Morgan fingerprint density at radius 1 is 0.826 bits per heavy atom. The van der Waals surface area contributed by atoms with Crippen LogP contribution in [-0.2, 0) is 4.79 Å². The molecule has 0 aliphatic heterocycles. The average molecular weight is 320 g/mol. The molecule has 3 aromatic rings. The Kier molecular flexibility index (Phi) is 3.40. The van der Waals surface area contributed by atoms with Crippen LogP contribution in [0.25, 0.3) is 11.1 Å². The van der Waals surface area contributed by atoms with Crippen LogP contribution < -0.4 is 5.32 Å². The van der Waals surface area contributed by atoms with Crippen LogP contribution in [0.3, 0.4) is 0 Å². The summed E-state index contributed by atoms with van der Waals surface area (Å²) in [6, 6.07) is 23.4. The summed E-state index contributed by atoms with van der Waals surface area (Å²) in [7, 11) is 0. The topological polar surface area (TPSA) is 29.1 Å².